The molecule has 2 amide bonds. The number of carbonyl (C=O) groups excluding carboxylic acids is 1. The number of H-pyrrole nitrogens is 1. The summed E-state index contributed by atoms with van der Waals surface area (Å²) in [6, 6.07) is 11.6. The maximum atomic E-state index is 13.0. The zero-order valence-electron chi connectivity index (χ0n) is 13.3. The number of imidazole rings is 1. The highest BCUT2D eigenvalue weighted by Gasteiger charge is 2.33. The number of benzene rings is 2. The second kappa shape index (κ2) is 6.46. The van der Waals surface area contributed by atoms with Crippen molar-refractivity contribution in [3.05, 3.63) is 59.9 Å². The molecule has 0 radical (unpaired) electrons. The molecule has 0 aliphatic heterocycles. The van der Waals surface area contributed by atoms with Crippen molar-refractivity contribution in [2.45, 2.75) is 12.7 Å². The molecule has 0 fully saturated rings. The predicted octanol–water partition coefficient (Wildman–Crippen LogP) is 4.25. The number of para-hydroxylation sites is 3. The van der Waals surface area contributed by atoms with Crippen LogP contribution >= 0.6 is 0 Å². The Labute approximate surface area is 141 Å². The molecule has 2 aromatic carbocycles. The zero-order chi connectivity index (χ0) is 18.0. The van der Waals surface area contributed by atoms with E-state index in [1.165, 1.54) is 30.1 Å². The van der Waals surface area contributed by atoms with E-state index in [9.17, 15) is 18.0 Å². The number of urea groups is 1. The summed E-state index contributed by atoms with van der Waals surface area (Å²) >= 11 is 0. The minimum Gasteiger partial charge on any atom is -0.340 e. The second-order valence-electron chi connectivity index (χ2n) is 5.53. The fraction of sp³-hybridized carbons (Fsp3) is 0.176. The molecule has 2 N–H and O–H groups in total. The van der Waals surface area contributed by atoms with Crippen LogP contribution in [0.15, 0.2) is 48.5 Å². The molecule has 0 saturated carbocycles. The number of amides is 2. The number of halogens is 3. The highest BCUT2D eigenvalue weighted by molar-refractivity contribution is 5.90. The monoisotopic (exact) mass is 348 g/mol. The van der Waals surface area contributed by atoms with Gasteiger partial charge < -0.3 is 15.2 Å². The van der Waals surface area contributed by atoms with Gasteiger partial charge >= 0.3 is 12.2 Å². The Morgan fingerprint density at radius 1 is 1.16 bits per heavy atom. The quantitative estimate of drug-likeness (QED) is 0.743. The third kappa shape index (κ3) is 3.73. The zero-order valence-corrected chi connectivity index (χ0v) is 13.3. The van der Waals surface area contributed by atoms with E-state index >= 15 is 0 Å². The van der Waals surface area contributed by atoms with Crippen LogP contribution < -0.4 is 5.32 Å². The summed E-state index contributed by atoms with van der Waals surface area (Å²) in [7, 11) is 1.48. The molecule has 3 rings (SSSR count). The van der Waals surface area contributed by atoms with Gasteiger partial charge in [0.15, 0.2) is 0 Å². The van der Waals surface area contributed by atoms with Crippen LogP contribution in [-0.2, 0) is 12.7 Å². The van der Waals surface area contributed by atoms with Crippen LogP contribution in [0.3, 0.4) is 0 Å². The van der Waals surface area contributed by atoms with Crippen molar-refractivity contribution in [1.29, 1.82) is 0 Å². The van der Waals surface area contributed by atoms with E-state index in [4.69, 9.17) is 0 Å². The van der Waals surface area contributed by atoms with Gasteiger partial charge in [-0.1, -0.05) is 24.3 Å². The van der Waals surface area contributed by atoms with Crippen LogP contribution in [0, 0.1) is 0 Å². The van der Waals surface area contributed by atoms with Crippen LogP contribution in [-0.4, -0.2) is 27.9 Å². The van der Waals surface area contributed by atoms with E-state index < -0.39 is 17.8 Å². The van der Waals surface area contributed by atoms with E-state index in [1.54, 1.807) is 0 Å². The molecule has 8 heteroatoms. The Balaban J connectivity index is 1.73. The molecule has 0 spiro atoms. The molecule has 1 aromatic heterocycles. The smallest absolute Gasteiger partial charge is 0.340 e. The molecule has 0 saturated heterocycles. The predicted molar refractivity (Wildman–Crippen MR) is 88.0 cm³/mol. The van der Waals surface area contributed by atoms with Crippen LogP contribution in [0.1, 0.15) is 11.4 Å². The van der Waals surface area contributed by atoms with Gasteiger partial charge in [-0.2, -0.15) is 13.2 Å². The van der Waals surface area contributed by atoms with Gasteiger partial charge in [-0.25, -0.2) is 9.78 Å². The van der Waals surface area contributed by atoms with E-state index in [1.807, 2.05) is 24.3 Å². The minimum atomic E-state index is -4.54. The lowest BCUT2D eigenvalue weighted by atomic mass is 10.1. The van der Waals surface area contributed by atoms with Gasteiger partial charge in [0.2, 0.25) is 0 Å². The Bertz CT molecular complexity index is 871. The van der Waals surface area contributed by atoms with E-state index in [2.05, 4.69) is 15.3 Å². The van der Waals surface area contributed by atoms with Crippen LogP contribution in [0.4, 0.5) is 23.7 Å². The average Bonchev–Trinajstić information content (AvgIpc) is 2.96. The number of alkyl halides is 3. The molecular formula is C17H15F3N4O. The van der Waals surface area contributed by atoms with Gasteiger partial charge in [0, 0.05) is 7.05 Å². The molecule has 0 unspecified atom stereocenters. The summed E-state index contributed by atoms with van der Waals surface area (Å²) in [5.74, 6) is 0.544. The third-order valence-electron chi connectivity index (χ3n) is 3.65. The summed E-state index contributed by atoms with van der Waals surface area (Å²) in [6.45, 7) is 0.134. The number of nitrogens with zero attached hydrogens (tertiary/aromatic N) is 2. The fourth-order valence-corrected chi connectivity index (χ4v) is 2.43. The van der Waals surface area contributed by atoms with Gasteiger partial charge in [-0.3, -0.25) is 0 Å². The van der Waals surface area contributed by atoms with Crippen molar-refractivity contribution in [3.63, 3.8) is 0 Å². The van der Waals surface area contributed by atoms with E-state index in [-0.39, 0.29) is 12.2 Å². The van der Waals surface area contributed by atoms with E-state index in [0.717, 1.165) is 17.1 Å². The van der Waals surface area contributed by atoms with Gasteiger partial charge in [0.25, 0.3) is 0 Å². The summed E-state index contributed by atoms with van der Waals surface area (Å²) in [5, 5.41) is 2.30. The first-order chi connectivity index (χ1) is 11.8. The second-order valence-corrected chi connectivity index (χ2v) is 5.53. The number of hydrogen-bond acceptors (Lipinski definition) is 2. The lowest BCUT2D eigenvalue weighted by molar-refractivity contribution is -0.136. The number of anilines is 1. The normalized spacial score (nSPS) is 11.5. The molecular weight excluding hydrogens is 333 g/mol. The van der Waals surface area contributed by atoms with Crippen molar-refractivity contribution >= 4 is 22.8 Å². The van der Waals surface area contributed by atoms with Crippen LogP contribution in [0.25, 0.3) is 11.0 Å². The van der Waals surface area contributed by atoms with Crippen molar-refractivity contribution in [2.75, 3.05) is 12.4 Å². The summed E-state index contributed by atoms with van der Waals surface area (Å²) in [5.41, 5.74) is 0.416. The molecule has 0 bridgehead atoms. The van der Waals surface area contributed by atoms with Crippen molar-refractivity contribution in [1.82, 2.24) is 14.9 Å². The number of fused-ring (bicyclic) bond motifs is 1. The summed E-state index contributed by atoms with van der Waals surface area (Å²) in [4.78, 5) is 20.9. The standard InChI is InChI=1S/C17H15F3N4O/c1-24(10-15-21-13-8-4-5-9-14(13)22-15)16(25)23-12-7-3-2-6-11(12)17(18,19)20/h2-9H,10H2,1H3,(H,21,22)(H,23,25). The maximum absolute atomic E-state index is 13.0. The third-order valence-corrected chi connectivity index (χ3v) is 3.65. The molecule has 0 atom stereocenters. The number of aromatic nitrogens is 2. The van der Waals surface area contributed by atoms with Crippen molar-refractivity contribution < 1.29 is 18.0 Å². The lowest BCUT2D eigenvalue weighted by Crippen LogP contribution is -2.32. The Kier molecular flexibility index (Phi) is 4.35. The maximum Gasteiger partial charge on any atom is 0.418 e. The Morgan fingerprint density at radius 3 is 2.56 bits per heavy atom. The van der Waals surface area contributed by atoms with Crippen molar-refractivity contribution in [2.24, 2.45) is 0 Å². The molecule has 0 aliphatic carbocycles. The topological polar surface area (TPSA) is 61.0 Å². The van der Waals surface area contributed by atoms with E-state index in [0.29, 0.717) is 5.82 Å². The van der Waals surface area contributed by atoms with Crippen LogP contribution in [0.2, 0.25) is 0 Å². The van der Waals surface area contributed by atoms with Gasteiger partial charge in [-0.05, 0) is 24.3 Å². The first-order valence-corrected chi connectivity index (χ1v) is 7.46. The number of hydrogen-bond donors (Lipinski definition) is 2. The summed E-state index contributed by atoms with van der Waals surface area (Å²) in [6.07, 6.45) is -4.54. The first-order valence-electron chi connectivity index (χ1n) is 7.46. The molecule has 3 aromatic rings. The molecule has 25 heavy (non-hydrogen) atoms. The molecule has 0 aliphatic rings. The fourth-order valence-electron chi connectivity index (χ4n) is 2.43. The molecule has 5 nitrogen and oxygen atoms in total. The number of nitrogens with one attached hydrogen (secondary N) is 2. The van der Waals surface area contributed by atoms with Crippen LogP contribution in [0.5, 0.6) is 0 Å². The number of carbonyl (C=O) groups is 1. The lowest BCUT2D eigenvalue weighted by Gasteiger charge is -2.19. The SMILES string of the molecule is CN(Cc1nc2ccccc2[nH]1)C(=O)Nc1ccccc1C(F)(F)F. The Morgan fingerprint density at radius 2 is 1.84 bits per heavy atom. The average molecular weight is 348 g/mol. The summed E-state index contributed by atoms with van der Waals surface area (Å²) < 4.78 is 39.0. The largest absolute Gasteiger partial charge is 0.418 e. The Hall–Kier alpha value is -3.03. The molecule has 1 heterocycles. The highest BCUT2D eigenvalue weighted by atomic mass is 19.4. The highest BCUT2D eigenvalue weighted by Crippen LogP contribution is 2.34. The first kappa shape index (κ1) is 16.8. The van der Waals surface area contributed by atoms with Gasteiger partial charge in [0.1, 0.15) is 5.82 Å². The number of rotatable bonds is 3. The van der Waals surface area contributed by atoms with Crippen molar-refractivity contribution in [3.8, 4) is 0 Å². The van der Waals surface area contributed by atoms with Gasteiger partial charge in [0.05, 0.1) is 28.8 Å². The van der Waals surface area contributed by atoms with Gasteiger partial charge in [-0.15, -0.1) is 0 Å². The number of aromatic amines is 1. The minimum absolute atomic E-state index is 0.134. The molecule has 130 valence electrons.